The molecule has 0 bridgehead atoms. The van der Waals surface area contributed by atoms with Crippen molar-refractivity contribution in [2.24, 2.45) is 0 Å². The fourth-order valence-corrected chi connectivity index (χ4v) is 7.31. The fraction of sp³-hybridized carbons (Fsp3) is 0.269. The van der Waals surface area contributed by atoms with Crippen LogP contribution in [0.5, 0.6) is 0 Å². The highest BCUT2D eigenvalue weighted by molar-refractivity contribution is 7.89. The number of benzene rings is 3. The maximum atomic E-state index is 13.6. The molecule has 0 aromatic heterocycles. The molecule has 8 nitrogen and oxygen atoms in total. The number of rotatable bonds is 7. The van der Waals surface area contributed by atoms with Crippen molar-refractivity contribution < 1.29 is 21.6 Å². The van der Waals surface area contributed by atoms with Crippen molar-refractivity contribution in [3.8, 4) is 0 Å². The van der Waals surface area contributed by atoms with Gasteiger partial charge in [-0.05, 0) is 41.8 Å². The highest BCUT2D eigenvalue weighted by atomic mass is 32.2. The van der Waals surface area contributed by atoms with Crippen LogP contribution in [0, 0.1) is 0 Å². The molecule has 10 heteroatoms. The normalized spacial score (nSPS) is 17.7. The molecule has 0 spiro atoms. The predicted octanol–water partition coefficient (Wildman–Crippen LogP) is 3.51. The number of para-hydroxylation sites is 1. The molecule has 0 radical (unpaired) electrons. The second-order valence-electron chi connectivity index (χ2n) is 8.85. The molecular weight excluding hydrogens is 498 g/mol. The summed E-state index contributed by atoms with van der Waals surface area (Å²) in [6.45, 7) is 3.44. The lowest BCUT2D eigenvalue weighted by Gasteiger charge is -2.39. The number of hydrogen-bond acceptors (Lipinski definition) is 5. The SMILES string of the molecule is CC(C)c1ccccc1NC(=O)[C@@H]1CN(S(=O)(=O)c2ccccc2)CCN1S(=O)(=O)c1ccccc1. The number of piperazine rings is 1. The number of nitrogens with zero attached hydrogens (tertiary/aromatic N) is 2. The Morgan fingerprint density at radius 2 is 1.31 bits per heavy atom. The minimum absolute atomic E-state index is 0.0461. The van der Waals surface area contributed by atoms with E-state index in [1.54, 1.807) is 48.5 Å². The first-order chi connectivity index (χ1) is 17.1. The van der Waals surface area contributed by atoms with Gasteiger partial charge in [0.1, 0.15) is 6.04 Å². The van der Waals surface area contributed by atoms with Crippen LogP contribution in [0.4, 0.5) is 5.69 Å². The molecule has 1 saturated heterocycles. The quantitative estimate of drug-likeness (QED) is 0.506. The average Bonchev–Trinajstić information content (AvgIpc) is 2.89. The van der Waals surface area contributed by atoms with Gasteiger partial charge in [0.05, 0.1) is 9.79 Å². The van der Waals surface area contributed by atoms with Gasteiger partial charge in [0.15, 0.2) is 0 Å². The maximum absolute atomic E-state index is 13.6. The number of anilines is 1. The van der Waals surface area contributed by atoms with Gasteiger partial charge in [-0.25, -0.2) is 16.8 Å². The third-order valence-electron chi connectivity index (χ3n) is 6.17. The summed E-state index contributed by atoms with van der Waals surface area (Å²) in [4.78, 5) is 13.7. The zero-order chi connectivity index (χ0) is 25.9. The van der Waals surface area contributed by atoms with Crippen molar-refractivity contribution in [2.75, 3.05) is 25.0 Å². The first-order valence-corrected chi connectivity index (χ1v) is 14.5. The van der Waals surface area contributed by atoms with Gasteiger partial charge in [0.25, 0.3) is 0 Å². The third-order valence-corrected chi connectivity index (χ3v) is 9.97. The van der Waals surface area contributed by atoms with E-state index >= 15 is 0 Å². The van der Waals surface area contributed by atoms with Gasteiger partial charge in [0, 0.05) is 25.3 Å². The maximum Gasteiger partial charge on any atom is 0.244 e. The van der Waals surface area contributed by atoms with Crippen molar-refractivity contribution in [2.45, 2.75) is 35.6 Å². The molecule has 1 amide bonds. The van der Waals surface area contributed by atoms with Crippen molar-refractivity contribution in [3.05, 3.63) is 90.5 Å². The second kappa shape index (κ2) is 10.5. The number of hydrogen-bond donors (Lipinski definition) is 1. The van der Waals surface area contributed by atoms with E-state index < -0.39 is 32.0 Å². The topological polar surface area (TPSA) is 104 Å². The third kappa shape index (κ3) is 5.22. The predicted molar refractivity (Wildman–Crippen MR) is 138 cm³/mol. The van der Waals surface area contributed by atoms with Crippen LogP contribution in [-0.2, 0) is 24.8 Å². The lowest BCUT2D eigenvalue weighted by Crippen LogP contribution is -2.60. The summed E-state index contributed by atoms with van der Waals surface area (Å²) < 4.78 is 56.0. The Labute approximate surface area is 212 Å². The van der Waals surface area contributed by atoms with Crippen molar-refractivity contribution in [1.82, 2.24) is 8.61 Å². The summed E-state index contributed by atoms with van der Waals surface area (Å²) in [5.74, 6) is -0.470. The Morgan fingerprint density at radius 3 is 1.89 bits per heavy atom. The molecule has 1 aliphatic rings. The van der Waals surface area contributed by atoms with Gasteiger partial charge in [-0.15, -0.1) is 0 Å². The Hall–Kier alpha value is -3.05. The molecule has 4 rings (SSSR count). The minimum Gasteiger partial charge on any atom is -0.324 e. The Morgan fingerprint density at radius 1 is 0.778 bits per heavy atom. The molecule has 1 N–H and O–H groups in total. The fourth-order valence-electron chi connectivity index (χ4n) is 4.26. The summed E-state index contributed by atoms with van der Waals surface area (Å²) in [5.41, 5.74) is 1.46. The number of carbonyl (C=O) groups excluding carboxylic acids is 1. The Kier molecular flexibility index (Phi) is 7.60. The smallest absolute Gasteiger partial charge is 0.244 e. The number of carbonyl (C=O) groups is 1. The highest BCUT2D eigenvalue weighted by Crippen LogP contribution is 2.28. The van der Waals surface area contributed by atoms with Crippen molar-refractivity contribution in [3.63, 3.8) is 0 Å². The van der Waals surface area contributed by atoms with Crippen LogP contribution in [0.15, 0.2) is 94.7 Å². The summed E-state index contributed by atoms with van der Waals surface area (Å²) >= 11 is 0. The first-order valence-electron chi connectivity index (χ1n) is 11.6. The van der Waals surface area contributed by atoms with E-state index in [0.29, 0.717) is 5.69 Å². The number of sulfonamides is 2. The molecule has 36 heavy (non-hydrogen) atoms. The molecule has 0 unspecified atom stereocenters. The van der Waals surface area contributed by atoms with Crippen molar-refractivity contribution >= 4 is 31.6 Å². The van der Waals surface area contributed by atoms with Gasteiger partial charge < -0.3 is 5.32 Å². The van der Waals surface area contributed by atoms with Crippen LogP contribution in [0.25, 0.3) is 0 Å². The van der Waals surface area contributed by atoms with E-state index in [1.165, 1.54) is 28.6 Å². The van der Waals surface area contributed by atoms with E-state index in [-0.39, 0.29) is 35.3 Å². The zero-order valence-electron chi connectivity index (χ0n) is 20.1. The highest BCUT2D eigenvalue weighted by Gasteiger charge is 2.43. The van der Waals surface area contributed by atoms with Crippen LogP contribution in [0.1, 0.15) is 25.3 Å². The van der Waals surface area contributed by atoms with Gasteiger partial charge >= 0.3 is 0 Å². The lowest BCUT2D eigenvalue weighted by molar-refractivity contribution is -0.120. The molecule has 190 valence electrons. The minimum atomic E-state index is -4.06. The number of nitrogens with one attached hydrogen (secondary N) is 1. The zero-order valence-corrected chi connectivity index (χ0v) is 21.7. The van der Waals surface area contributed by atoms with Crippen LogP contribution in [0.2, 0.25) is 0 Å². The van der Waals surface area contributed by atoms with Gasteiger partial charge in [-0.3, -0.25) is 4.79 Å². The van der Waals surface area contributed by atoms with Gasteiger partial charge in [-0.1, -0.05) is 68.4 Å². The van der Waals surface area contributed by atoms with E-state index in [4.69, 9.17) is 0 Å². The summed E-state index contributed by atoms with van der Waals surface area (Å²) in [5, 5.41) is 2.86. The molecule has 1 heterocycles. The van der Waals surface area contributed by atoms with Crippen molar-refractivity contribution in [1.29, 1.82) is 0 Å². The van der Waals surface area contributed by atoms with Gasteiger partial charge in [0.2, 0.25) is 26.0 Å². The van der Waals surface area contributed by atoms with E-state index in [9.17, 15) is 21.6 Å². The molecule has 3 aromatic carbocycles. The largest absolute Gasteiger partial charge is 0.324 e. The summed E-state index contributed by atoms with van der Waals surface area (Å²) in [6, 6.07) is 21.8. The Balaban J connectivity index is 1.71. The van der Waals surface area contributed by atoms with Crippen LogP contribution >= 0.6 is 0 Å². The molecule has 1 atom stereocenters. The average molecular weight is 528 g/mol. The standard InChI is InChI=1S/C26H29N3O5S2/c1-20(2)23-15-9-10-16-24(23)27-26(30)25-19-28(35(31,32)21-11-5-3-6-12-21)17-18-29(25)36(33,34)22-13-7-4-8-14-22/h3-16,20,25H,17-19H2,1-2H3,(H,27,30)/t25-/m0/s1. The summed E-state index contributed by atoms with van der Waals surface area (Å²) in [7, 11) is -7.98. The Bertz CT molecular complexity index is 1430. The molecule has 1 aliphatic heterocycles. The molecule has 0 saturated carbocycles. The summed E-state index contributed by atoms with van der Waals surface area (Å²) in [6.07, 6.45) is 0. The van der Waals surface area contributed by atoms with Crippen LogP contribution in [-0.4, -0.2) is 57.0 Å². The molecule has 1 fully saturated rings. The van der Waals surface area contributed by atoms with Gasteiger partial charge in [-0.2, -0.15) is 8.61 Å². The molecule has 3 aromatic rings. The van der Waals surface area contributed by atoms with E-state index in [0.717, 1.165) is 9.87 Å². The number of amides is 1. The molecular formula is C26H29N3O5S2. The molecule has 0 aliphatic carbocycles. The van der Waals surface area contributed by atoms with Crippen LogP contribution in [0.3, 0.4) is 0 Å². The van der Waals surface area contributed by atoms with E-state index in [1.807, 2.05) is 26.0 Å². The second-order valence-corrected chi connectivity index (χ2v) is 12.7. The lowest BCUT2D eigenvalue weighted by atomic mass is 10.0. The first kappa shape index (κ1) is 26.0. The monoisotopic (exact) mass is 527 g/mol. The van der Waals surface area contributed by atoms with E-state index in [2.05, 4.69) is 5.32 Å². The van der Waals surface area contributed by atoms with Crippen LogP contribution < -0.4 is 5.32 Å².